The van der Waals surface area contributed by atoms with Gasteiger partial charge in [-0.15, -0.1) is 11.3 Å². The number of rotatable bonds is 6. The molecule has 2 aromatic carbocycles. The fourth-order valence-corrected chi connectivity index (χ4v) is 5.90. The third kappa shape index (κ3) is 4.60. The number of nitrogens with zero attached hydrogens (tertiary/aromatic N) is 1. The summed E-state index contributed by atoms with van der Waals surface area (Å²) in [5.74, 6) is 0. The van der Waals surface area contributed by atoms with Gasteiger partial charge in [0.05, 0.1) is 4.90 Å². The van der Waals surface area contributed by atoms with E-state index in [0.717, 1.165) is 26.9 Å². The van der Waals surface area contributed by atoms with Crippen LogP contribution in [0.5, 0.6) is 0 Å². The second-order valence-corrected chi connectivity index (χ2v) is 10.9. The maximum absolute atomic E-state index is 13.4. The Hall–Kier alpha value is -2.45. The predicted molar refractivity (Wildman–Crippen MR) is 126 cm³/mol. The number of sulfonamides is 1. The number of aromatic nitrogens is 1. The highest BCUT2D eigenvalue weighted by Crippen LogP contribution is 2.25. The summed E-state index contributed by atoms with van der Waals surface area (Å²) in [5, 5.41) is 3.26. The Morgan fingerprint density at radius 3 is 2.45 bits per heavy atom. The molecule has 0 saturated carbocycles. The summed E-state index contributed by atoms with van der Waals surface area (Å²) in [7, 11) is -3.85. The van der Waals surface area contributed by atoms with E-state index in [1.807, 2.05) is 43.5 Å². The summed E-state index contributed by atoms with van der Waals surface area (Å²) in [6.07, 6.45) is 0. The Kier molecular flexibility index (Phi) is 6.03. The van der Waals surface area contributed by atoms with Crippen molar-refractivity contribution in [1.82, 2.24) is 9.29 Å². The van der Waals surface area contributed by atoms with Gasteiger partial charge in [-0.05, 0) is 72.8 Å². The predicted octanol–water partition coefficient (Wildman–Crippen LogP) is 5.25. The lowest BCUT2D eigenvalue weighted by Gasteiger charge is -2.22. The van der Waals surface area contributed by atoms with Crippen LogP contribution in [0.15, 0.2) is 69.7 Å². The van der Waals surface area contributed by atoms with Gasteiger partial charge in [0, 0.05) is 39.5 Å². The van der Waals surface area contributed by atoms with E-state index in [-0.39, 0.29) is 23.5 Å². The van der Waals surface area contributed by atoms with Gasteiger partial charge in [0.15, 0.2) is 0 Å². The SMILES string of the molecule is Cc1cc(C)c2cc(CN(Cc3cccs3)S(=O)(=O)c3ccc(Cl)cc3)c(=O)[nH]c2c1. The molecule has 2 aromatic heterocycles. The standard InChI is InChI=1S/C23H21ClN2O3S2/c1-15-10-16(2)21-12-17(23(27)25-22(21)11-15)13-26(14-19-4-3-9-30-19)31(28,29)20-7-5-18(24)6-8-20/h3-12H,13-14H2,1-2H3,(H,25,27). The van der Waals surface area contributed by atoms with Crippen LogP contribution in [-0.4, -0.2) is 17.7 Å². The average Bonchev–Trinajstić information content (AvgIpc) is 3.22. The van der Waals surface area contributed by atoms with E-state index >= 15 is 0 Å². The first-order valence-corrected chi connectivity index (χ1v) is 12.3. The number of nitrogens with one attached hydrogen (secondary N) is 1. The van der Waals surface area contributed by atoms with E-state index in [1.54, 1.807) is 18.2 Å². The lowest BCUT2D eigenvalue weighted by atomic mass is 10.0. The van der Waals surface area contributed by atoms with Crippen LogP contribution in [0.3, 0.4) is 0 Å². The fraction of sp³-hybridized carbons (Fsp3) is 0.174. The van der Waals surface area contributed by atoms with Crippen LogP contribution < -0.4 is 5.56 Å². The van der Waals surface area contributed by atoms with Gasteiger partial charge < -0.3 is 4.98 Å². The van der Waals surface area contributed by atoms with E-state index in [4.69, 9.17) is 11.6 Å². The van der Waals surface area contributed by atoms with Gasteiger partial charge in [-0.3, -0.25) is 4.79 Å². The van der Waals surface area contributed by atoms with Gasteiger partial charge >= 0.3 is 0 Å². The van der Waals surface area contributed by atoms with Crippen molar-refractivity contribution in [3.05, 3.63) is 96.9 Å². The molecule has 0 amide bonds. The number of H-pyrrole nitrogens is 1. The minimum Gasteiger partial charge on any atom is -0.322 e. The highest BCUT2D eigenvalue weighted by molar-refractivity contribution is 7.89. The summed E-state index contributed by atoms with van der Waals surface area (Å²) in [4.78, 5) is 16.7. The largest absolute Gasteiger partial charge is 0.322 e. The Labute approximate surface area is 190 Å². The summed E-state index contributed by atoms with van der Waals surface area (Å²) in [5.41, 5.74) is 2.93. The van der Waals surface area contributed by atoms with Crippen molar-refractivity contribution in [3.63, 3.8) is 0 Å². The monoisotopic (exact) mass is 472 g/mol. The normalized spacial score (nSPS) is 12.0. The number of hydrogen-bond acceptors (Lipinski definition) is 4. The first-order chi connectivity index (χ1) is 14.7. The molecular weight excluding hydrogens is 452 g/mol. The molecule has 0 fully saturated rings. The topological polar surface area (TPSA) is 70.2 Å². The van der Waals surface area contributed by atoms with Crippen molar-refractivity contribution in [2.24, 2.45) is 0 Å². The molecule has 0 atom stereocenters. The van der Waals surface area contributed by atoms with E-state index < -0.39 is 10.0 Å². The molecule has 0 bridgehead atoms. The third-order valence-electron chi connectivity index (χ3n) is 5.10. The maximum Gasteiger partial charge on any atom is 0.252 e. The van der Waals surface area contributed by atoms with Crippen LogP contribution in [0.1, 0.15) is 21.6 Å². The van der Waals surface area contributed by atoms with Crippen LogP contribution in [0.2, 0.25) is 5.02 Å². The molecule has 160 valence electrons. The summed E-state index contributed by atoms with van der Waals surface area (Å²) in [6.45, 7) is 4.08. The van der Waals surface area contributed by atoms with Crippen LogP contribution in [0.25, 0.3) is 10.9 Å². The van der Waals surface area contributed by atoms with Crippen LogP contribution >= 0.6 is 22.9 Å². The van der Waals surface area contributed by atoms with Gasteiger partial charge in [-0.25, -0.2) is 8.42 Å². The Balaban J connectivity index is 1.79. The van der Waals surface area contributed by atoms with Crippen LogP contribution in [0, 0.1) is 13.8 Å². The number of fused-ring (bicyclic) bond motifs is 1. The van der Waals surface area contributed by atoms with Gasteiger partial charge in [0.25, 0.3) is 5.56 Å². The first-order valence-electron chi connectivity index (χ1n) is 9.65. The zero-order chi connectivity index (χ0) is 22.2. The minimum atomic E-state index is -3.85. The number of aromatic amines is 1. The van der Waals surface area contributed by atoms with Crippen molar-refractivity contribution < 1.29 is 8.42 Å². The molecular formula is C23H21ClN2O3S2. The fourth-order valence-electron chi connectivity index (χ4n) is 3.58. The quantitative estimate of drug-likeness (QED) is 0.416. The molecule has 1 N–H and O–H groups in total. The Morgan fingerprint density at radius 2 is 1.77 bits per heavy atom. The molecule has 31 heavy (non-hydrogen) atoms. The zero-order valence-corrected chi connectivity index (χ0v) is 19.4. The number of aryl methyl sites for hydroxylation is 2. The molecule has 0 saturated heterocycles. The molecule has 0 aliphatic heterocycles. The lowest BCUT2D eigenvalue weighted by molar-refractivity contribution is 0.402. The number of halogens is 1. The van der Waals surface area contributed by atoms with Crippen molar-refractivity contribution in [3.8, 4) is 0 Å². The van der Waals surface area contributed by atoms with Gasteiger partial charge in [0.1, 0.15) is 0 Å². The molecule has 5 nitrogen and oxygen atoms in total. The molecule has 0 spiro atoms. The first kappa shape index (κ1) is 21.8. The van der Waals surface area contributed by atoms with Gasteiger partial charge in [0.2, 0.25) is 10.0 Å². The van der Waals surface area contributed by atoms with E-state index in [0.29, 0.717) is 10.6 Å². The third-order valence-corrected chi connectivity index (χ3v) is 8.02. The molecule has 8 heteroatoms. The maximum atomic E-state index is 13.4. The summed E-state index contributed by atoms with van der Waals surface area (Å²) < 4.78 is 28.2. The van der Waals surface area contributed by atoms with Crippen molar-refractivity contribution >= 4 is 43.9 Å². The highest BCUT2D eigenvalue weighted by Gasteiger charge is 2.26. The molecule has 4 rings (SSSR count). The minimum absolute atomic E-state index is 0.0402. The average molecular weight is 473 g/mol. The number of thiophene rings is 1. The second-order valence-electron chi connectivity index (χ2n) is 7.47. The second kappa shape index (κ2) is 8.59. The molecule has 0 unspecified atom stereocenters. The lowest BCUT2D eigenvalue weighted by Crippen LogP contribution is -2.32. The Bertz CT molecular complexity index is 1390. The highest BCUT2D eigenvalue weighted by atomic mass is 35.5. The number of hydrogen-bond donors (Lipinski definition) is 1. The van der Waals surface area contributed by atoms with E-state index in [1.165, 1.54) is 27.8 Å². The summed E-state index contributed by atoms with van der Waals surface area (Å²) >= 11 is 7.41. The summed E-state index contributed by atoms with van der Waals surface area (Å²) in [6, 6.07) is 15.6. The number of benzene rings is 2. The molecule has 2 heterocycles. The zero-order valence-electron chi connectivity index (χ0n) is 17.1. The van der Waals surface area contributed by atoms with Crippen LogP contribution in [0.4, 0.5) is 0 Å². The van der Waals surface area contributed by atoms with Crippen molar-refractivity contribution in [2.75, 3.05) is 0 Å². The van der Waals surface area contributed by atoms with Gasteiger partial charge in [-0.2, -0.15) is 4.31 Å². The van der Waals surface area contributed by atoms with E-state index in [2.05, 4.69) is 4.98 Å². The molecule has 0 aliphatic carbocycles. The molecule has 0 aliphatic rings. The molecule has 4 aromatic rings. The van der Waals surface area contributed by atoms with Gasteiger partial charge in [-0.1, -0.05) is 23.7 Å². The van der Waals surface area contributed by atoms with Crippen LogP contribution in [-0.2, 0) is 23.1 Å². The van der Waals surface area contributed by atoms with E-state index in [9.17, 15) is 13.2 Å². The molecule has 0 radical (unpaired) electrons. The van der Waals surface area contributed by atoms with Crippen molar-refractivity contribution in [1.29, 1.82) is 0 Å². The number of pyridine rings is 1. The Morgan fingerprint density at radius 1 is 1.03 bits per heavy atom. The van der Waals surface area contributed by atoms with Crippen molar-refractivity contribution in [2.45, 2.75) is 31.8 Å². The smallest absolute Gasteiger partial charge is 0.252 e.